The van der Waals surface area contributed by atoms with Crippen molar-refractivity contribution in [2.75, 3.05) is 19.5 Å². The number of rotatable bonds is 7. The fraction of sp³-hybridized carbons (Fsp3) is 0.200. The number of hydrogen-bond donors (Lipinski definition) is 1. The van der Waals surface area contributed by atoms with Crippen LogP contribution in [0.3, 0.4) is 0 Å². The molecule has 0 aliphatic heterocycles. The molecular formula is C20H19N3O5S. The number of benzene rings is 1. The molecule has 0 fully saturated rings. The molecular weight excluding hydrogens is 394 g/mol. The van der Waals surface area contributed by atoms with Gasteiger partial charge in [-0.3, -0.25) is 15.1 Å². The van der Waals surface area contributed by atoms with Gasteiger partial charge in [0.15, 0.2) is 22.7 Å². The van der Waals surface area contributed by atoms with E-state index in [1.807, 2.05) is 11.4 Å². The molecule has 1 aromatic carbocycles. The number of amides is 1. The minimum atomic E-state index is -0.990. The summed E-state index contributed by atoms with van der Waals surface area (Å²) >= 11 is 1.26. The lowest BCUT2D eigenvalue weighted by molar-refractivity contribution is -0.123. The Morgan fingerprint density at radius 2 is 1.93 bits per heavy atom. The van der Waals surface area contributed by atoms with Gasteiger partial charge in [-0.2, -0.15) is 0 Å². The lowest BCUT2D eigenvalue weighted by Crippen LogP contribution is -2.30. The second kappa shape index (κ2) is 9.16. The predicted molar refractivity (Wildman–Crippen MR) is 108 cm³/mol. The van der Waals surface area contributed by atoms with E-state index in [1.165, 1.54) is 24.5 Å². The Balaban J connectivity index is 1.65. The van der Waals surface area contributed by atoms with Crippen molar-refractivity contribution in [3.63, 3.8) is 0 Å². The van der Waals surface area contributed by atoms with Crippen LogP contribution in [0.5, 0.6) is 11.5 Å². The van der Waals surface area contributed by atoms with Crippen LogP contribution in [0, 0.1) is 0 Å². The summed E-state index contributed by atoms with van der Waals surface area (Å²) < 4.78 is 15.7. The number of thiazole rings is 1. The Bertz CT molecular complexity index is 1010. The van der Waals surface area contributed by atoms with E-state index in [1.54, 1.807) is 44.7 Å². The van der Waals surface area contributed by atoms with Crippen molar-refractivity contribution < 1.29 is 23.8 Å². The number of carbonyl (C=O) groups is 2. The monoisotopic (exact) mass is 413 g/mol. The molecule has 0 saturated heterocycles. The van der Waals surface area contributed by atoms with Crippen LogP contribution in [-0.4, -0.2) is 42.2 Å². The van der Waals surface area contributed by atoms with Gasteiger partial charge in [0, 0.05) is 23.3 Å². The lowest BCUT2D eigenvalue weighted by Gasteiger charge is -2.12. The summed E-state index contributed by atoms with van der Waals surface area (Å²) in [5.41, 5.74) is 1.76. The van der Waals surface area contributed by atoms with E-state index in [0.29, 0.717) is 22.3 Å². The van der Waals surface area contributed by atoms with Crippen LogP contribution >= 0.6 is 11.3 Å². The van der Waals surface area contributed by atoms with Crippen LogP contribution in [0.15, 0.2) is 48.1 Å². The van der Waals surface area contributed by atoms with Gasteiger partial charge in [-0.25, -0.2) is 9.78 Å². The number of esters is 1. The highest BCUT2D eigenvalue weighted by Gasteiger charge is 2.20. The van der Waals surface area contributed by atoms with E-state index in [2.05, 4.69) is 15.3 Å². The van der Waals surface area contributed by atoms with E-state index in [4.69, 9.17) is 14.2 Å². The zero-order chi connectivity index (χ0) is 20.8. The summed E-state index contributed by atoms with van der Waals surface area (Å²) in [7, 11) is 3.12. The molecule has 0 radical (unpaired) electrons. The van der Waals surface area contributed by atoms with E-state index >= 15 is 0 Å². The quantitative estimate of drug-likeness (QED) is 0.593. The fourth-order valence-corrected chi connectivity index (χ4v) is 3.15. The molecule has 0 aliphatic rings. The van der Waals surface area contributed by atoms with Crippen molar-refractivity contribution in [3.05, 3.63) is 53.7 Å². The van der Waals surface area contributed by atoms with Crippen molar-refractivity contribution in [2.45, 2.75) is 13.0 Å². The van der Waals surface area contributed by atoms with E-state index in [0.717, 1.165) is 5.56 Å². The molecule has 8 nitrogen and oxygen atoms in total. The first-order valence-electron chi connectivity index (χ1n) is 8.61. The fourth-order valence-electron chi connectivity index (χ4n) is 2.43. The van der Waals surface area contributed by atoms with Crippen molar-refractivity contribution in [3.8, 4) is 22.8 Å². The number of methoxy groups -OCH3 is 2. The number of nitrogens with zero attached hydrogens (tertiary/aromatic N) is 2. The maximum atomic E-state index is 12.3. The third-order valence-electron chi connectivity index (χ3n) is 3.96. The average Bonchev–Trinajstić information content (AvgIpc) is 3.22. The van der Waals surface area contributed by atoms with Gasteiger partial charge in [0.2, 0.25) is 0 Å². The van der Waals surface area contributed by atoms with E-state index in [-0.39, 0.29) is 5.56 Å². The zero-order valence-corrected chi connectivity index (χ0v) is 16.9. The zero-order valence-electron chi connectivity index (χ0n) is 16.0. The van der Waals surface area contributed by atoms with Crippen LogP contribution in [-0.2, 0) is 9.53 Å². The van der Waals surface area contributed by atoms with Crippen LogP contribution in [0.2, 0.25) is 0 Å². The largest absolute Gasteiger partial charge is 0.493 e. The number of aromatic nitrogens is 2. The first-order valence-corrected chi connectivity index (χ1v) is 9.49. The van der Waals surface area contributed by atoms with Crippen molar-refractivity contribution >= 4 is 28.3 Å². The highest BCUT2D eigenvalue weighted by atomic mass is 32.1. The SMILES string of the molecule is COc1ccc(-c2csc(NC(=O)C(C)OC(=O)c3cccnc3)n2)cc1OC. The molecule has 2 aromatic heterocycles. The van der Waals surface area contributed by atoms with Gasteiger partial charge in [-0.15, -0.1) is 11.3 Å². The van der Waals surface area contributed by atoms with Gasteiger partial charge < -0.3 is 14.2 Å². The van der Waals surface area contributed by atoms with Crippen LogP contribution in [0.25, 0.3) is 11.3 Å². The summed E-state index contributed by atoms with van der Waals surface area (Å²) in [6.07, 6.45) is 1.94. The number of anilines is 1. The lowest BCUT2D eigenvalue weighted by atomic mass is 10.1. The molecule has 0 bridgehead atoms. The van der Waals surface area contributed by atoms with Crippen LogP contribution in [0.4, 0.5) is 5.13 Å². The van der Waals surface area contributed by atoms with Crippen LogP contribution < -0.4 is 14.8 Å². The standard InChI is InChI=1S/C20H19N3O5S/c1-12(28-19(25)14-5-4-8-21-10-14)18(24)23-20-22-15(11-29-20)13-6-7-16(26-2)17(9-13)27-3/h4-12H,1-3H3,(H,22,23,24). The van der Waals surface area contributed by atoms with E-state index < -0.39 is 18.0 Å². The van der Waals surface area contributed by atoms with Gasteiger partial charge in [-0.05, 0) is 37.3 Å². The molecule has 1 unspecified atom stereocenters. The van der Waals surface area contributed by atoms with E-state index in [9.17, 15) is 9.59 Å². The molecule has 3 rings (SSSR count). The average molecular weight is 413 g/mol. The molecule has 3 aromatic rings. The molecule has 0 spiro atoms. The third-order valence-corrected chi connectivity index (χ3v) is 4.72. The highest BCUT2D eigenvalue weighted by Crippen LogP contribution is 2.33. The van der Waals surface area contributed by atoms with Crippen LogP contribution in [0.1, 0.15) is 17.3 Å². The Hall–Kier alpha value is -3.46. The third kappa shape index (κ3) is 4.88. The van der Waals surface area contributed by atoms with Gasteiger partial charge >= 0.3 is 5.97 Å². The Morgan fingerprint density at radius 3 is 2.62 bits per heavy atom. The molecule has 0 saturated carbocycles. The summed E-state index contributed by atoms with van der Waals surface area (Å²) in [4.78, 5) is 32.6. The molecule has 29 heavy (non-hydrogen) atoms. The Morgan fingerprint density at radius 1 is 1.14 bits per heavy atom. The highest BCUT2D eigenvalue weighted by molar-refractivity contribution is 7.14. The number of hydrogen-bond acceptors (Lipinski definition) is 8. The Kier molecular flexibility index (Phi) is 6.40. The minimum Gasteiger partial charge on any atom is -0.493 e. The van der Waals surface area contributed by atoms with Crippen molar-refractivity contribution in [2.24, 2.45) is 0 Å². The van der Waals surface area contributed by atoms with Gasteiger partial charge in [0.05, 0.1) is 25.5 Å². The maximum absolute atomic E-state index is 12.3. The maximum Gasteiger partial charge on any atom is 0.340 e. The summed E-state index contributed by atoms with van der Waals surface area (Å²) in [6, 6.07) is 8.62. The summed E-state index contributed by atoms with van der Waals surface area (Å²) in [6.45, 7) is 1.49. The number of ether oxygens (including phenoxy) is 3. The molecule has 1 N–H and O–H groups in total. The number of nitrogens with one attached hydrogen (secondary N) is 1. The first kappa shape index (κ1) is 20.3. The molecule has 150 valence electrons. The molecule has 2 heterocycles. The Labute approximate surface area is 171 Å². The number of carbonyl (C=O) groups excluding carboxylic acids is 2. The minimum absolute atomic E-state index is 0.275. The van der Waals surface area contributed by atoms with Gasteiger partial charge in [-0.1, -0.05) is 0 Å². The molecule has 0 aliphatic carbocycles. The normalized spacial score (nSPS) is 11.4. The first-order chi connectivity index (χ1) is 14.0. The second-order valence-corrected chi connectivity index (χ2v) is 6.74. The number of pyridine rings is 1. The smallest absolute Gasteiger partial charge is 0.340 e. The molecule has 1 atom stereocenters. The van der Waals surface area contributed by atoms with Gasteiger partial charge in [0.25, 0.3) is 5.91 Å². The summed E-state index contributed by atoms with van der Waals surface area (Å²) in [5, 5.41) is 4.86. The van der Waals surface area contributed by atoms with Crippen molar-refractivity contribution in [1.29, 1.82) is 0 Å². The predicted octanol–water partition coefficient (Wildman–Crippen LogP) is 3.41. The topological polar surface area (TPSA) is 99.6 Å². The molecule has 9 heteroatoms. The molecule has 1 amide bonds. The van der Waals surface area contributed by atoms with Crippen molar-refractivity contribution in [1.82, 2.24) is 9.97 Å². The second-order valence-electron chi connectivity index (χ2n) is 5.89. The van der Waals surface area contributed by atoms with Gasteiger partial charge in [0.1, 0.15) is 0 Å². The summed E-state index contributed by atoms with van der Waals surface area (Å²) in [5.74, 6) is 0.102.